The molecule has 0 unspecified atom stereocenters. The predicted molar refractivity (Wildman–Crippen MR) is 167 cm³/mol. The Morgan fingerprint density at radius 3 is 1.56 bits per heavy atom. The van der Waals surface area contributed by atoms with Crippen LogP contribution < -0.4 is 4.74 Å². The van der Waals surface area contributed by atoms with Gasteiger partial charge in [0, 0.05) is 32.3 Å². The molecule has 0 aromatic heterocycles. The summed E-state index contributed by atoms with van der Waals surface area (Å²) in [7, 11) is 1.67. The molecule has 0 heterocycles. The Morgan fingerprint density at radius 1 is 0.615 bits per heavy atom. The van der Waals surface area contributed by atoms with Gasteiger partial charge in [-0.05, 0) is 56.2 Å². The van der Waals surface area contributed by atoms with E-state index in [-0.39, 0.29) is 6.10 Å². The summed E-state index contributed by atoms with van der Waals surface area (Å²) < 4.78 is 10.9. The largest absolute Gasteiger partial charge is 0.497 e. The van der Waals surface area contributed by atoms with Crippen molar-refractivity contribution in [1.29, 1.82) is 0 Å². The van der Waals surface area contributed by atoms with Crippen LogP contribution in [-0.4, -0.2) is 24.9 Å². The molecule has 1 rings (SSSR count). The summed E-state index contributed by atoms with van der Waals surface area (Å²) in [5.74, 6) is 14.3. The molecule has 1 aromatic carbocycles. The molecule has 0 saturated carbocycles. The van der Waals surface area contributed by atoms with Gasteiger partial charge in [-0.2, -0.15) is 0 Å². The van der Waals surface area contributed by atoms with Crippen molar-refractivity contribution in [2.75, 3.05) is 13.7 Å². The van der Waals surface area contributed by atoms with Gasteiger partial charge in [-0.1, -0.05) is 89.7 Å². The standard InChI is InChI=1S/C36H58O3/c1-3-4-5-6-7-8-9-10-11-12-13-14-15-16-17-18-19-20-21-22-23-24-25-26-35(37)31-32-39-33-34-27-29-36(38-2)30-28-34/h27-30,35,37H,3-9,12-17,20-26,31-33H2,1-2H3/t35-/m0/s1. The van der Waals surface area contributed by atoms with Gasteiger partial charge in [-0.25, -0.2) is 0 Å². The number of hydrogen-bond donors (Lipinski definition) is 1. The molecule has 0 radical (unpaired) electrons. The topological polar surface area (TPSA) is 38.7 Å². The highest BCUT2D eigenvalue weighted by molar-refractivity contribution is 5.26. The minimum atomic E-state index is -0.255. The van der Waals surface area contributed by atoms with E-state index in [1.807, 2.05) is 24.3 Å². The predicted octanol–water partition coefficient (Wildman–Crippen LogP) is 9.79. The Balaban J connectivity index is 1.80. The van der Waals surface area contributed by atoms with Crippen molar-refractivity contribution in [2.24, 2.45) is 0 Å². The van der Waals surface area contributed by atoms with Gasteiger partial charge in [0.2, 0.25) is 0 Å². The number of ether oxygens (including phenoxy) is 2. The van der Waals surface area contributed by atoms with E-state index in [1.165, 1.54) is 89.9 Å². The third kappa shape index (κ3) is 23.6. The molecule has 0 aliphatic heterocycles. The smallest absolute Gasteiger partial charge is 0.118 e. The van der Waals surface area contributed by atoms with E-state index in [2.05, 4.69) is 30.6 Å². The summed E-state index contributed by atoms with van der Waals surface area (Å²) in [6.45, 7) is 3.44. The van der Waals surface area contributed by atoms with Crippen molar-refractivity contribution in [3.8, 4) is 29.4 Å². The molecule has 3 nitrogen and oxygen atoms in total. The van der Waals surface area contributed by atoms with Crippen LogP contribution in [0.25, 0.3) is 0 Å². The van der Waals surface area contributed by atoms with E-state index in [9.17, 15) is 5.11 Å². The minimum absolute atomic E-state index is 0.255. The summed E-state index contributed by atoms with van der Waals surface area (Å²) in [4.78, 5) is 0. The minimum Gasteiger partial charge on any atom is -0.497 e. The fraction of sp³-hybridized carbons (Fsp3) is 0.722. The number of unbranched alkanes of at least 4 members (excludes halogenated alkanes) is 16. The Bertz CT molecular complexity index is 777. The zero-order valence-electron chi connectivity index (χ0n) is 25.4. The monoisotopic (exact) mass is 538 g/mol. The van der Waals surface area contributed by atoms with E-state index in [0.29, 0.717) is 19.6 Å². The second kappa shape index (κ2) is 27.6. The van der Waals surface area contributed by atoms with Gasteiger partial charge in [0.15, 0.2) is 0 Å². The summed E-state index contributed by atoms with van der Waals surface area (Å²) >= 11 is 0. The molecule has 0 saturated heterocycles. The molecule has 0 spiro atoms. The second-order valence-corrected chi connectivity index (χ2v) is 10.8. The van der Waals surface area contributed by atoms with Crippen LogP contribution in [0.5, 0.6) is 5.75 Å². The van der Waals surface area contributed by atoms with Gasteiger partial charge in [-0.3, -0.25) is 0 Å². The highest BCUT2D eigenvalue weighted by atomic mass is 16.5. The van der Waals surface area contributed by atoms with Crippen molar-refractivity contribution in [3.63, 3.8) is 0 Å². The highest BCUT2D eigenvalue weighted by Crippen LogP contribution is 2.13. The number of methoxy groups -OCH3 is 1. The van der Waals surface area contributed by atoms with E-state index < -0.39 is 0 Å². The number of hydrogen-bond acceptors (Lipinski definition) is 3. The van der Waals surface area contributed by atoms with Crippen molar-refractivity contribution in [1.82, 2.24) is 0 Å². The zero-order valence-corrected chi connectivity index (χ0v) is 25.4. The SMILES string of the molecule is CCCCCCCCC#CCCCCCCC#CCCCCCCC[C@H](O)CCOCc1ccc(OC)cc1. The Morgan fingerprint density at radius 2 is 1.08 bits per heavy atom. The molecule has 1 N–H and O–H groups in total. The molecule has 0 amide bonds. The highest BCUT2D eigenvalue weighted by Gasteiger charge is 2.04. The Kier molecular flexibility index (Phi) is 24.8. The van der Waals surface area contributed by atoms with Crippen LogP contribution in [0.4, 0.5) is 0 Å². The van der Waals surface area contributed by atoms with Crippen LogP contribution in [0, 0.1) is 23.7 Å². The van der Waals surface area contributed by atoms with Gasteiger partial charge < -0.3 is 14.6 Å². The lowest BCUT2D eigenvalue weighted by Gasteiger charge is -2.11. The van der Waals surface area contributed by atoms with E-state index in [0.717, 1.165) is 49.8 Å². The lowest BCUT2D eigenvalue weighted by Crippen LogP contribution is -2.10. The molecule has 39 heavy (non-hydrogen) atoms. The van der Waals surface area contributed by atoms with E-state index in [4.69, 9.17) is 9.47 Å². The average Bonchev–Trinajstić information content (AvgIpc) is 2.96. The quantitative estimate of drug-likeness (QED) is 0.105. The van der Waals surface area contributed by atoms with Crippen molar-refractivity contribution >= 4 is 0 Å². The fourth-order valence-electron chi connectivity index (χ4n) is 4.53. The van der Waals surface area contributed by atoms with Crippen molar-refractivity contribution in [3.05, 3.63) is 29.8 Å². The number of aliphatic hydroxyl groups is 1. The van der Waals surface area contributed by atoms with Crippen LogP contribution in [0.2, 0.25) is 0 Å². The molecular weight excluding hydrogens is 480 g/mol. The molecule has 3 heteroatoms. The van der Waals surface area contributed by atoms with Crippen LogP contribution >= 0.6 is 0 Å². The van der Waals surface area contributed by atoms with Gasteiger partial charge in [0.25, 0.3) is 0 Å². The third-order valence-corrected chi connectivity index (χ3v) is 7.12. The molecule has 0 bridgehead atoms. The molecule has 1 aromatic rings. The van der Waals surface area contributed by atoms with Gasteiger partial charge in [-0.15, -0.1) is 23.7 Å². The normalized spacial score (nSPS) is 11.4. The lowest BCUT2D eigenvalue weighted by molar-refractivity contribution is 0.0689. The van der Waals surface area contributed by atoms with Crippen molar-refractivity contribution < 1.29 is 14.6 Å². The number of rotatable bonds is 24. The first-order valence-corrected chi connectivity index (χ1v) is 16.1. The summed E-state index contributed by atoms with van der Waals surface area (Å²) in [6, 6.07) is 7.91. The molecule has 0 aliphatic carbocycles. The van der Waals surface area contributed by atoms with Crippen LogP contribution in [0.3, 0.4) is 0 Å². The third-order valence-electron chi connectivity index (χ3n) is 7.12. The lowest BCUT2D eigenvalue weighted by atomic mass is 10.1. The summed E-state index contributed by atoms with van der Waals surface area (Å²) in [6.07, 6.45) is 24.7. The summed E-state index contributed by atoms with van der Waals surface area (Å²) in [5, 5.41) is 10.2. The Labute approximate surface area is 241 Å². The average molecular weight is 539 g/mol. The molecular formula is C36H58O3. The van der Waals surface area contributed by atoms with Gasteiger partial charge in [0.05, 0.1) is 19.8 Å². The van der Waals surface area contributed by atoms with E-state index in [1.54, 1.807) is 7.11 Å². The Hall–Kier alpha value is -1.94. The fourth-order valence-corrected chi connectivity index (χ4v) is 4.53. The first-order chi connectivity index (χ1) is 19.3. The van der Waals surface area contributed by atoms with Crippen LogP contribution in [0.15, 0.2) is 24.3 Å². The molecule has 0 aliphatic rings. The van der Waals surface area contributed by atoms with Gasteiger partial charge >= 0.3 is 0 Å². The van der Waals surface area contributed by atoms with Gasteiger partial charge in [0.1, 0.15) is 5.75 Å². The maximum Gasteiger partial charge on any atom is 0.118 e. The second-order valence-electron chi connectivity index (χ2n) is 10.8. The van der Waals surface area contributed by atoms with E-state index >= 15 is 0 Å². The molecule has 0 fully saturated rings. The van der Waals surface area contributed by atoms with Crippen molar-refractivity contribution in [2.45, 2.75) is 154 Å². The van der Waals surface area contributed by atoms with Crippen LogP contribution in [0.1, 0.15) is 147 Å². The zero-order chi connectivity index (χ0) is 28.1. The first kappa shape index (κ1) is 35.1. The number of benzene rings is 1. The molecule has 1 atom stereocenters. The first-order valence-electron chi connectivity index (χ1n) is 16.1. The van der Waals surface area contributed by atoms with Crippen LogP contribution in [-0.2, 0) is 11.3 Å². The maximum atomic E-state index is 10.2. The summed E-state index contributed by atoms with van der Waals surface area (Å²) in [5.41, 5.74) is 1.13. The maximum absolute atomic E-state index is 10.2. The molecule has 220 valence electrons. The number of aliphatic hydroxyl groups excluding tert-OH is 1.